The Morgan fingerprint density at radius 1 is 0.708 bits per heavy atom. The van der Waals surface area contributed by atoms with Gasteiger partial charge in [0.15, 0.2) is 0 Å². The van der Waals surface area contributed by atoms with Crippen LogP contribution in [-0.2, 0) is 0 Å². The van der Waals surface area contributed by atoms with E-state index < -0.39 is 0 Å². The average molecular weight is 430 g/mol. The van der Waals surface area contributed by atoms with E-state index in [1.165, 1.54) is 38.6 Å². The molecule has 0 spiro atoms. The Bertz CT molecular complexity index is 226. The highest BCUT2D eigenvalue weighted by Crippen LogP contribution is 2.24. The minimum atomic E-state index is 0. The lowest BCUT2D eigenvalue weighted by Gasteiger charge is -2.20. The maximum atomic E-state index is 3.63. The van der Waals surface area contributed by atoms with Crippen LogP contribution in [0.15, 0.2) is 0 Å². The zero-order valence-corrected chi connectivity index (χ0v) is 18.5. The molecular formula is C16H40Cl4N4. The fourth-order valence-electron chi connectivity index (χ4n) is 3.08. The third-order valence-electron chi connectivity index (χ3n) is 4.20. The number of hydrogen-bond donors (Lipinski definition) is 4. The third-order valence-corrected chi connectivity index (χ3v) is 4.20. The van der Waals surface area contributed by atoms with Gasteiger partial charge in [0.05, 0.1) is 0 Å². The van der Waals surface area contributed by atoms with Crippen LogP contribution in [0, 0.1) is 5.92 Å². The SMILES string of the molecule is CCNCCCNCCCNCC1CCCC1NCC.Cl.Cl.Cl.Cl. The van der Waals surface area contributed by atoms with Gasteiger partial charge in [-0.3, -0.25) is 0 Å². The average Bonchev–Trinajstić information content (AvgIpc) is 2.89. The first-order valence-corrected chi connectivity index (χ1v) is 8.74. The molecule has 4 nitrogen and oxygen atoms in total. The largest absolute Gasteiger partial charge is 0.317 e. The number of hydrogen-bond acceptors (Lipinski definition) is 4. The predicted molar refractivity (Wildman–Crippen MR) is 117 cm³/mol. The van der Waals surface area contributed by atoms with Crippen molar-refractivity contribution >= 4 is 49.6 Å². The fraction of sp³-hybridized carbons (Fsp3) is 1.00. The van der Waals surface area contributed by atoms with Gasteiger partial charge in [-0.05, 0) is 77.4 Å². The quantitative estimate of drug-likeness (QED) is 0.340. The van der Waals surface area contributed by atoms with Gasteiger partial charge < -0.3 is 21.3 Å². The summed E-state index contributed by atoms with van der Waals surface area (Å²) >= 11 is 0. The van der Waals surface area contributed by atoms with E-state index in [-0.39, 0.29) is 49.6 Å². The van der Waals surface area contributed by atoms with Gasteiger partial charge in [0.2, 0.25) is 0 Å². The zero-order chi connectivity index (χ0) is 14.5. The minimum Gasteiger partial charge on any atom is -0.317 e. The van der Waals surface area contributed by atoms with E-state index in [4.69, 9.17) is 0 Å². The molecular weight excluding hydrogens is 390 g/mol. The molecule has 8 heteroatoms. The molecule has 1 aliphatic carbocycles. The first-order valence-electron chi connectivity index (χ1n) is 8.74. The summed E-state index contributed by atoms with van der Waals surface area (Å²) in [5.74, 6) is 0.850. The number of rotatable bonds is 13. The maximum absolute atomic E-state index is 3.63. The van der Waals surface area contributed by atoms with Gasteiger partial charge in [0, 0.05) is 6.04 Å². The van der Waals surface area contributed by atoms with Gasteiger partial charge in [-0.15, -0.1) is 49.6 Å². The summed E-state index contributed by atoms with van der Waals surface area (Å²) in [5.41, 5.74) is 0. The highest BCUT2D eigenvalue weighted by atomic mass is 35.5. The molecule has 0 bridgehead atoms. The predicted octanol–water partition coefficient (Wildman–Crippen LogP) is 3.02. The van der Waals surface area contributed by atoms with E-state index in [2.05, 4.69) is 35.1 Å². The second kappa shape index (κ2) is 24.0. The van der Waals surface area contributed by atoms with Crippen LogP contribution in [0.5, 0.6) is 0 Å². The number of halogens is 4. The lowest BCUT2D eigenvalue weighted by atomic mass is 10.0. The Balaban J connectivity index is -0.000000500. The van der Waals surface area contributed by atoms with E-state index in [1.54, 1.807) is 0 Å². The van der Waals surface area contributed by atoms with Crippen LogP contribution in [0.25, 0.3) is 0 Å². The summed E-state index contributed by atoms with van der Waals surface area (Å²) < 4.78 is 0. The zero-order valence-electron chi connectivity index (χ0n) is 15.3. The summed E-state index contributed by atoms with van der Waals surface area (Å²) in [6, 6.07) is 0.761. The summed E-state index contributed by atoms with van der Waals surface area (Å²) in [6.45, 7) is 12.3. The van der Waals surface area contributed by atoms with Gasteiger partial charge in [0.1, 0.15) is 0 Å². The molecule has 0 saturated heterocycles. The maximum Gasteiger partial charge on any atom is 0.0107 e. The molecule has 0 aromatic carbocycles. The van der Waals surface area contributed by atoms with Crippen LogP contribution in [0.2, 0.25) is 0 Å². The van der Waals surface area contributed by atoms with Gasteiger partial charge in [0.25, 0.3) is 0 Å². The summed E-state index contributed by atoms with van der Waals surface area (Å²) in [7, 11) is 0. The van der Waals surface area contributed by atoms with E-state index in [0.717, 1.165) is 51.2 Å². The van der Waals surface area contributed by atoms with Crippen molar-refractivity contribution in [2.45, 2.75) is 52.0 Å². The summed E-state index contributed by atoms with van der Waals surface area (Å²) in [4.78, 5) is 0. The Hall–Kier alpha value is 1.00. The molecule has 0 aromatic heterocycles. The van der Waals surface area contributed by atoms with Crippen LogP contribution < -0.4 is 21.3 Å². The van der Waals surface area contributed by atoms with Crippen molar-refractivity contribution in [3.63, 3.8) is 0 Å². The van der Waals surface area contributed by atoms with Crippen LogP contribution in [0.4, 0.5) is 0 Å². The van der Waals surface area contributed by atoms with Crippen LogP contribution in [0.3, 0.4) is 0 Å². The topological polar surface area (TPSA) is 48.1 Å². The van der Waals surface area contributed by atoms with Crippen molar-refractivity contribution < 1.29 is 0 Å². The van der Waals surface area contributed by atoms with Crippen molar-refractivity contribution in [2.75, 3.05) is 45.8 Å². The molecule has 1 aliphatic rings. The van der Waals surface area contributed by atoms with E-state index >= 15 is 0 Å². The first-order chi connectivity index (χ1) is 9.88. The van der Waals surface area contributed by atoms with Crippen molar-refractivity contribution in [3.8, 4) is 0 Å². The second-order valence-corrected chi connectivity index (χ2v) is 5.87. The lowest BCUT2D eigenvalue weighted by Crippen LogP contribution is -2.38. The minimum absolute atomic E-state index is 0. The van der Waals surface area contributed by atoms with Crippen LogP contribution in [0.1, 0.15) is 46.0 Å². The van der Waals surface area contributed by atoms with Crippen molar-refractivity contribution in [2.24, 2.45) is 5.92 Å². The molecule has 0 heterocycles. The molecule has 0 amide bonds. The van der Waals surface area contributed by atoms with Gasteiger partial charge >= 0.3 is 0 Å². The molecule has 4 N–H and O–H groups in total. The molecule has 1 fully saturated rings. The first kappa shape index (κ1) is 32.7. The monoisotopic (exact) mass is 428 g/mol. The molecule has 1 rings (SSSR count). The molecule has 0 radical (unpaired) electrons. The van der Waals surface area contributed by atoms with Gasteiger partial charge in [-0.1, -0.05) is 20.3 Å². The second-order valence-electron chi connectivity index (χ2n) is 5.87. The Morgan fingerprint density at radius 2 is 1.29 bits per heavy atom. The molecule has 2 unspecified atom stereocenters. The van der Waals surface area contributed by atoms with Gasteiger partial charge in [-0.25, -0.2) is 0 Å². The number of nitrogens with one attached hydrogen (secondary N) is 4. The molecule has 152 valence electrons. The Kier molecular flexibility index (Phi) is 32.7. The standard InChI is InChI=1S/C16H36N4.4ClH/c1-3-17-10-6-11-18-12-7-13-19-14-15-8-5-9-16(15)20-4-2;;;;/h15-20H,3-14H2,1-2H3;4*1H. The van der Waals surface area contributed by atoms with Crippen molar-refractivity contribution in [1.82, 2.24) is 21.3 Å². The highest BCUT2D eigenvalue weighted by molar-refractivity contribution is 5.86. The highest BCUT2D eigenvalue weighted by Gasteiger charge is 2.25. The smallest absolute Gasteiger partial charge is 0.0107 e. The molecule has 0 aliphatic heterocycles. The van der Waals surface area contributed by atoms with E-state index in [0.29, 0.717) is 0 Å². The molecule has 24 heavy (non-hydrogen) atoms. The third kappa shape index (κ3) is 16.5. The lowest BCUT2D eigenvalue weighted by molar-refractivity contribution is 0.385. The Morgan fingerprint density at radius 3 is 1.88 bits per heavy atom. The molecule has 2 atom stereocenters. The Labute approximate surface area is 174 Å². The normalized spacial score (nSPS) is 18.8. The van der Waals surface area contributed by atoms with E-state index in [1.807, 2.05) is 0 Å². The molecule has 1 saturated carbocycles. The van der Waals surface area contributed by atoms with Crippen molar-refractivity contribution in [1.29, 1.82) is 0 Å². The summed E-state index contributed by atoms with van der Waals surface area (Å²) in [6.07, 6.45) is 6.63. The fourth-order valence-corrected chi connectivity index (χ4v) is 3.08. The molecule has 0 aromatic rings. The van der Waals surface area contributed by atoms with Crippen molar-refractivity contribution in [3.05, 3.63) is 0 Å². The van der Waals surface area contributed by atoms with Crippen LogP contribution in [-0.4, -0.2) is 51.9 Å². The van der Waals surface area contributed by atoms with E-state index in [9.17, 15) is 0 Å². The van der Waals surface area contributed by atoms with Crippen LogP contribution >= 0.6 is 49.6 Å². The summed E-state index contributed by atoms with van der Waals surface area (Å²) in [5, 5.41) is 14.1. The van der Waals surface area contributed by atoms with Gasteiger partial charge in [-0.2, -0.15) is 0 Å².